The molecule has 0 amide bonds. The van der Waals surface area contributed by atoms with Crippen molar-refractivity contribution in [3.8, 4) is 11.3 Å². The van der Waals surface area contributed by atoms with Gasteiger partial charge in [-0.05, 0) is 18.6 Å². The zero-order chi connectivity index (χ0) is 19.1. The summed E-state index contributed by atoms with van der Waals surface area (Å²) in [5.41, 5.74) is 1.52. The van der Waals surface area contributed by atoms with Gasteiger partial charge in [-0.25, -0.2) is 13.4 Å². The van der Waals surface area contributed by atoms with Crippen LogP contribution in [0.2, 0.25) is 0 Å². The third-order valence-corrected chi connectivity index (χ3v) is 6.57. The van der Waals surface area contributed by atoms with Crippen LogP contribution >= 0.6 is 0 Å². The number of rotatable bonds is 8. The second kappa shape index (κ2) is 8.86. The molecule has 0 unspecified atom stereocenters. The fourth-order valence-corrected chi connectivity index (χ4v) is 4.70. The predicted molar refractivity (Wildman–Crippen MR) is 106 cm³/mol. The van der Waals surface area contributed by atoms with E-state index in [-0.39, 0.29) is 5.82 Å². The van der Waals surface area contributed by atoms with Gasteiger partial charge in [-0.2, -0.15) is 5.10 Å². The van der Waals surface area contributed by atoms with E-state index in [1.54, 1.807) is 36.5 Å². The van der Waals surface area contributed by atoms with Gasteiger partial charge in [0, 0.05) is 5.56 Å². The molecular formula is C21H23N3O2S. The SMILES string of the molecule is CCCCC[C@@H](c1nncc(-c2ccccc2)n1)S(=O)(=O)c1ccccc1. The fraction of sp³-hybridized carbons (Fsp3) is 0.286. The van der Waals surface area contributed by atoms with E-state index in [1.165, 1.54) is 0 Å². The Kier molecular flexibility index (Phi) is 6.29. The van der Waals surface area contributed by atoms with Crippen molar-refractivity contribution in [3.05, 3.63) is 72.7 Å². The molecule has 2 aromatic carbocycles. The maximum absolute atomic E-state index is 13.3. The Hall–Kier alpha value is -2.60. The predicted octanol–water partition coefficient (Wildman–Crippen LogP) is 4.63. The second-order valence-corrected chi connectivity index (χ2v) is 8.54. The number of hydrogen-bond donors (Lipinski definition) is 0. The Morgan fingerprint density at radius 3 is 2.26 bits per heavy atom. The van der Waals surface area contributed by atoms with Crippen LogP contribution in [-0.2, 0) is 9.84 Å². The van der Waals surface area contributed by atoms with E-state index in [0.717, 1.165) is 24.8 Å². The average molecular weight is 382 g/mol. The van der Waals surface area contributed by atoms with Gasteiger partial charge in [0.05, 0.1) is 16.8 Å². The minimum Gasteiger partial charge on any atom is -0.228 e. The van der Waals surface area contributed by atoms with Crippen LogP contribution in [0.25, 0.3) is 11.3 Å². The maximum Gasteiger partial charge on any atom is 0.188 e. The average Bonchev–Trinajstić information content (AvgIpc) is 2.72. The highest BCUT2D eigenvalue weighted by molar-refractivity contribution is 7.91. The van der Waals surface area contributed by atoms with E-state index in [2.05, 4.69) is 22.1 Å². The molecule has 5 nitrogen and oxygen atoms in total. The molecular weight excluding hydrogens is 358 g/mol. The first-order valence-electron chi connectivity index (χ1n) is 9.17. The van der Waals surface area contributed by atoms with Crippen LogP contribution in [0.3, 0.4) is 0 Å². The van der Waals surface area contributed by atoms with E-state index < -0.39 is 15.1 Å². The van der Waals surface area contributed by atoms with Crippen molar-refractivity contribution in [3.63, 3.8) is 0 Å². The topological polar surface area (TPSA) is 72.8 Å². The lowest BCUT2D eigenvalue weighted by Crippen LogP contribution is -2.17. The molecule has 0 aliphatic rings. The Morgan fingerprint density at radius 1 is 0.926 bits per heavy atom. The van der Waals surface area contributed by atoms with Crippen LogP contribution in [0, 0.1) is 0 Å². The van der Waals surface area contributed by atoms with Gasteiger partial charge >= 0.3 is 0 Å². The summed E-state index contributed by atoms with van der Waals surface area (Å²) in [5, 5.41) is 7.33. The summed E-state index contributed by atoms with van der Waals surface area (Å²) in [6.45, 7) is 2.09. The summed E-state index contributed by atoms with van der Waals surface area (Å²) in [6, 6.07) is 18.1. The minimum atomic E-state index is -3.60. The summed E-state index contributed by atoms with van der Waals surface area (Å²) in [5.74, 6) is 0.260. The van der Waals surface area contributed by atoms with E-state index in [1.807, 2.05) is 30.3 Å². The fourth-order valence-electron chi connectivity index (χ4n) is 2.98. The number of benzene rings is 2. The van der Waals surface area contributed by atoms with Gasteiger partial charge in [0.15, 0.2) is 15.7 Å². The van der Waals surface area contributed by atoms with E-state index in [0.29, 0.717) is 17.0 Å². The Bertz CT molecular complexity index is 961. The summed E-state index contributed by atoms with van der Waals surface area (Å²) in [6.07, 6.45) is 4.82. The Balaban J connectivity index is 2.01. The van der Waals surface area contributed by atoms with Gasteiger partial charge < -0.3 is 0 Å². The van der Waals surface area contributed by atoms with E-state index in [9.17, 15) is 8.42 Å². The molecule has 3 aromatic rings. The monoisotopic (exact) mass is 381 g/mol. The first-order valence-corrected chi connectivity index (χ1v) is 10.7. The standard InChI is InChI=1S/C21H23N3O2S/c1-2-3-6-15-20(27(25,26)18-13-9-5-10-14-18)21-23-19(16-22-24-21)17-11-7-4-8-12-17/h4-5,7-14,16,20H,2-3,6,15H2,1H3/t20-/m0/s1. The Labute approximate surface area is 160 Å². The third kappa shape index (κ3) is 4.57. The second-order valence-electron chi connectivity index (χ2n) is 6.41. The van der Waals surface area contributed by atoms with Crippen LogP contribution in [0.1, 0.15) is 43.7 Å². The summed E-state index contributed by atoms with van der Waals surface area (Å²) in [4.78, 5) is 4.85. The molecule has 0 saturated carbocycles. The van der Waals surface area contributed by atoms with Crippen LogP contribution in [0.4, 0.5) is 0 Å². The van der Waals surface area contributed by atoms with Gasteiger partial charge in [0.1, 0.15) is 5.25 Å². The first-order chi connectivity index (χ1) is 13.1. The highest BCUT2D eigenvalue weighted by Gasteiger charge is 2.31. The van der Waals surface area contributed by atoms with Crippen molar-refractivity contribution >= 4 is 9.84 Å². The van der Waals surface area contributed by atoms with Crippen molar-refractivity contribution in [1.29, 1.82) is 0 Å². The molecule has 3 rings (SSSR count). The molecule has 1 aromatic heterocycles. The lowest BCUT2D eigenvalue weighted by molar-refractivity contribution is 0.554. The molecule has 1 heterocycles. The third-order valence-electron chi connectivity index (χ3n) is 4.45. The minimum absolute atomic E-state index is 0.260. The summed E-state index contributed by atoms with van der Waals surface area (Å²) < 4.78 is 26.5. The molecule has 0 aliphatic heterocycles. The lowest BCUT2D eigenvalue weighted by atomic mass is 10.1. The molecule has 0 bridgehead atoms. The molecule has 0 fully saturated rings. The molecule has 0 aliphatic carbocycles. The van der Waals surface area contributed by atoms with E-state index >= 15 is 0 Å². The quantitative estimate of drug-likeness (QED) is 0.532. The van der Waals surface area contributed by atoms with Gasteiger partial charge in [-0.15, -0.1) is 5.10 Å². The highest BCUT2D eigenvalue weighted by atomic mass is 32.2. The number of sulfone groups is 1. The number of unbranched alkanes of at least 4 members (excludes halogenated alkanes) is 2. The summed E-state index contributed by atoms with van der Waals surface area (Å²) in [7, 11) is -3.60. The zero-order valence-corrected chi connectivity index (χ0v) is 16.1. The maximum atomic E-state index is 13.3. The van der Waals surface area contributed by atoms with Crippen molar-refractivity contribution in [2.75, 3.05) is 0 Å². The smallest absolute Gasteiger partial charge is 0.188 e. The number of aromatic nitrogens is 3. The van der Waals surface area contributed by atoms with Gasteiger partial charge in [-0.1, -0.05) is 74.7 Å². The number of nitrogens with zero attached hydrogens (tertiary/aromatic N) is 3. The van der Waals surface area contributed by atoms with Crippen molar-refractivity contribution in [2.24, 2.45) is 0 Å². The van der Waals surface area contributed by atoms with Crippen LogP contribution in [-0.4, -0.2) is 23.6 Å². The molecule has 0 spiro atoms. The highest BCUT2D eigenvalue weighted by Crippen LogP contribution is 2.32. The van der Waals surface area contributed by atoms with Crippen LogP contribution in [0.15, 0.2) is 71.8 Å². The van der Waals surface area contributed by atoms with Gasteiger partial charge in [-0.3, -0.25) is 0 Å². The molecule has 1 atom stereocenters. The summed E-state index contributed by atoms with van der Waals surface area (Å²) >= 11 is 0. The molecule has 27 heavy (non-hydrogen) atoms. The van der Waals surface area contributed by atoms with Gasteiger partial charge in [0.25, 0.3) is 0 Å². The molecule has 140 valence electrons. The molecule has 6 heteroatoms. The zero-order valence-electron chi connectivity index (χ0n) is 15.3. The van der Waals surface area contributed by atoms with Gasteiger partial charge in [0.2, 0.25) is 0 Å². The van der Waals surface area contributed by atoms with Crippen LogP contribution < -0.4 is 0 Å². The molecule has 0 saturated heterocycles. The molecule has 0 radical (unpaired) electrons. The number of hydrogen-bond acceptors (Lipinski definition) is 5. The largest absolute Gasteiger partial charge is 0.228 e. The van der Waals surface area contributed by atoms with Crippen molar-refractivity contribution in [2.45, 2.75) is 42.8 Å². The lowest BCUT2D eigenvalue weighted by Gasteiger charge is -2.16. The van der Waals surface area contributed by atoms with Crippen molar-refractivity contribution < 1.29 is 8.42 Å². The van der Waals surface area contributed by atoms with E-state index in [4.69, 9.17) is 0 Å². The normalized spacial score (nSPS) is 12.6. The Morgan fingerprint density at radius 2 is 1.59 bits per heavy atom. The van der Waals surface area contributed by atoms with Crippen LogP contribution in [0.5, 0.6) is 0 Å². The molecule has 0 N–H and O–H groups in total. The van der Waals surface area contributed by atoms with Crippen molar-refractivity contribution in [1.82, 2.24) is 15.2 Å². The first kappa shape index (κ1) is 19.2.